The number of aromatic nitrogens is 1. The number of H-pyrrole nitrogens is 1. The van der Waals surface area contributed by atoms with Crippen LogP contribution in [0.3, 0.4) is 0 Å². The van der Waals surface area contributed by atoms with Gasteiger partial charge in [-0.05, 0) is 50.8 Å². The first-order valence-corrected chi connectivity index (χ1v) is 8.25. The Morgan fingerprint density at radius 2 is 1.59 bits per heavy atom. The van der Waals surface area contributed by atoms with Gasteiger partial charge in [0.25, 0.3) is 0 Å². The summed E-state index contributed by atoms with van der Waals surface area (Å²) in [5, 5.41) is 3.87. The van der Waals surface area contributed by atoms with Crippen LogP contribution in [0.5, 0.6) is 0 Å². The number of benzene rings is 3. The van der Waals surface area contributed by atoms with Gasteiger partial charge in [-0.2, -0.15) is 0 Å². The third kappa shape index (κ3) is 2.15. The minimum absolute atomic E-state index is 0.932. The number of hydrogen-bond donors (Lipinski definition) is 1. The summed E-state index contributed by atoms with van der Waals surface area (Å²) >= 11 is 3.81. The highest BCUT2D eigenvalue weighted by molar-refractivity contribution is 9.10. The monoisotopic (exact) mass is 349 g/mol. The largest absolute Gasteiger partial charge is 0.358 e. The van der Waals surface area contributed by atoms with Gasteiger partial charge in [-0.1, -0.05) is 54.6 Å². The highest BCUT2D eigenvalue weighted by atomic mass is 79.9. The first kappa shape index (κ1) is 13.6. The van der Waals surface area contributed by atoms with Gasteiger partial charge in [0.1, 0.15) is 0 Å². The molecule has 1 heterocycles. The molecule has 108 valence electrons. The molecule has 4 aromatic rings. The summed E-state index contributed by atoms with van der Waals surface area (Å²) in [7, 11) is 0. The van der Waals surface area contributed by atoms with Gasteiger partial charge in [-0.3, -0.25) is 0 Å². The number of aromatic amines is 1. The quantitative estimate of drug-likeness (QED) is 0.458. The van der Waals surface area contributed by atoms with Crippen LogP contribution in [0.25, 0.3) is 21.7 Å². The standard InChI is InChI=1S/C20H16BrN/c1-13-18(17-8-4-5-9-19(17)22-13)12-15-11-10-14-6-2-3-7-16(14)20(15)21/h2-11,22H,12H2,1H3. The van der Waals surface area contributed by atoms with Crippen molar-refractivity contribution in [2.75, 3.05) is 0 Å². The van der Waals surface area contributed by atoms with Gasteiger partial charge in [-0.15, -0.1) is 0 Å². The van der Waals surface area contributed by atoms with Gasteiger partial charge < -0.3 is 4.98 Å². The van der Waals surface area contributed by atoms with Crippen molar-refractivity contribution in [2.45, 2.75) is 13.3 Å². The Balaban J connectivity index is 1.86. The normalized spacial score (nSPS) is 11.4. The maximum Gasteiger partial charge on any atom is 0.0458 e. The number of para-hydroxylation sites is 1. The molecule has 0 spiro atoms. The lowest BCUT2D eigenvalue weighted by molar-refractivity contribution is 1.14. The summed E-state index contributed by atoms with van der Waals surface area (Å²) in [6.07, 6.45) is 0.932. The first-order valence-electron chi connectivity index (χ1n) is 7.46. The maximum absolute atomic E-state index is 3.81. The molecule has 4 rings (SSSR count). The van der Waals surface area contributed by atoms with Crippen LogP contribution >= 0.6 is 15.9 Å². The average Bonchev–Trinajstić information content (AvgIpc) is 2.86. The molecule has 0 bridgehead atoms. The Hall–Kier alpha value is -2.06. The molecule has 0 unspecified atom stereocenters. The summed E-state index contributed by atoms with van der Waals surface area (Å²) in [5.41, 5.74) is 5.17. The van der Waals surface area contributed by atoms with Gasteiger partial charge >= 0.3 is 0 Å². The Morgan fingerprint density at radius 3 is 2.45 bits per heavy atom. The van der Waals surface area contributed by atoms with Crippen molar-refractivity contribution in [1.82, 2.24) is 4.98 Å². The van der Waals surface area contributed by atoms with Crippen LogP contribution in [0.1, 0.15) is 16.8 Å². The van der Waals surface area contributed by atoms with Gasteiger partial charge in [-0.25, -0.2) is 0 Å². The van der Waals surface area contributed by atoms with E-state index < -0.39 is 0 Å². The SMILES string of the molecule is Cc1[nH]c2ccccc2c1Cc1ccc2ccccc2c1Br. The smallest absolute Gasteiger partial charge is 0.0458 e. The number of rotatable bonds is 2. The molecule has 22 heavy (non-hydrogen) atoms. The summed E-state index contributed by atoms with van der Waals surface area (Å²) in [5.74, 6) is 0. The molecule has 1 nitrogen and oxygen atoms in total. The lowest BCUT2D eigenvalue weighted by atomic mass is 9.99. The van der Waals surface area contributed by atoms with E-state index in [9.17, 15) is 0 Å². The van der Waals surface area contributed by atoms with Crippen molar-refractivity contribution in [1.29, 1.82) is 0 Å². The Kier molecular flexibility index (Phi) is 3.27. The Labute approximate surface area is 138 Å². The molecule has 0 amide bonds. The molecule has 1 N–H and O–H groups in total. The van der Waals surface area contributed by atoms with E-state index in [4.69, 9.17) is 0 Å². The van der Waals surface area contributed by atoms with E-state index in [0.717, 1.165) is 6.42 Å². The zero-order valence-electron chi connectivity index (χ0n) is 12.4. The summed E-state index contributed by atoms with van der Waals surface area (Å²) in [4.78, 5) is 3.49. The van der Waals surface area contributed by atoms with Crippen molar-refractivity contribution in [3.8, 4) is 0 Å². The molecule has 3 aromatic carbocycles. The highest BCUT2D eigenvalue weighted by Crippen LogP contribution is 2.32. The van der Waals surface area contributed by atoms with Crippen LogP contribution in [0.4, 0.5) is 0 Å². The fourth-order valence-corrected chi connectivity index (χ4v) is 3.80. The molecule has 2 heteroatoms. The molecule has 0 saturated heterocycles. The van der Waals surface area contributed by atoms with Crippen LogP contribution in [0.15, 0.2) is 65.1 Å². The molecule has 0 aliphatic rings. The van der Waals surface area contributed by atoms with Crippen LogP contribution in [0, 0.1) is 6.92 Å². The van der Waals surface area contributed by atoms with Crippen molar-refractivity contribution in [3.05, 3.63) is 82.0 Å². The van der Waals surface area contributed by atoms with E-state index in [1.165, 1.54) is 43.0 Å². The highest BCUT2D eigenvalue weighted by Gasteiger charge is 2.11. The van der Waals surface area contributed by atoms with Crippen LogP contribution in [-0.4, -0.2) is 4.98 Å². The molecule has 0 radical (unpaired) electrons. The number of hydrogen-bond acceptors (Lipinski definition) is 0. The Morgan fingerprint density at radius 1 is 0.864 bits per heavy atom. The van der Waals surface area contributed by atoms with Crippen molar-refractivity contribution < 1.29 is 0 Å². The van der Waals surface area contributed by atoms with Gasteiger partial charge in [0.05, 0.1) is 0 Å². The molecule has 1 aromatic heterocycles. The van der Waals surface area contributed by atoms with Gasteiger partial charge in [0.15, 0.2) is 0 Å². The number of aryl methyl sites for hydroxylation is 1. The van der Waals surface area contributed by atoms with E-state index in [2.05, 4.69) is 88.5 Å². The second-order valence-electron chi connectivity index (χ2n) is 5.71. The Bertz CT molecular complexity index is 982. The fraction of sp³-hybridized carbons (Fsp3) is 0.100. The lowest BCUT2D eigenvalue weighted by Crippen LogP contribution is -1.92. The van der Waals surface area contributed by atoms with E-state index in [0.29, 0.717) is 0 Å². The first-order chi connectivity index (χ1) is 10.7. The molecule has 0 aliphatic heterocycles. The topological polar surface area (TPSA) is 15.8 Å². The summed E-state index contributed by atoms with van der Waals surface area (Å²) < 4.78 is 1.20. The zero-order valence-corrected chi connectivity index (χ0v) is 13.9. The van der Waals surface area contributed by atoms with Gasteiger partial charge in [0.2, 0.25) is 0 Å². The predicted molar refractivity (Wildman–Crippen MR) is 97.5 cm³/mol. The maximum atomic E-state index is 3.81. The van der Waals surface area contributed by atoms with E-state index in [1.807, 2.05) is 0 Å². The number of fused-ring (bicyclic) bond motifs is 2. The molecule has 0 saturated carbocycles. The molecule has 0 atom stereocenters. The number of nitrogens with one attached hydrogen (secondary N) is 1. The molecule has 0 fully saturated rings. The molecular weight excluding hydrogens is 334 g/mol. The molecular formula is C20H16BrN. The van der Waals surface area contributed by atoms with Crippen molar-refractivity contribution in [3.63, 3.8) is 0 Å². The molecule has 0 aliphatic carbocycles. The third-order valence-electron chi connectivity index (χ3n) is 4.34. The predicted octanol–water partition coefficient (Wildman–Crippen LogP) is 5.98. The van der Waals surface area contributed by atoms with Crippen molar-refractivity contribution in [2.24, 2.45) is 0 Å². The summed E-state index contributed by atoms with van der Waals surface area (Å²) in [6.45, 7) is 2.16. The second-order valence-corrected chi connectivity index (χ2v) is 6.50. The average molecular weight is 350 g/mol. The zero-order chi connectivity index (χ0) is 15.1. The van der Waals surface area contributed by atoms with E-state index >= 15 is 0 Å². The van der Waals surface area contributed by atoms with Crippen LogP contribution in [0.2, 0.25) is 0 Å². The lowest BCUT2D eigenvalue weighted by Gasteiger charge is -2.09. The number of halogens is 1. The fourth-order valence-electron chi connectivity index (χ4n) is 3.17. The third-order valence-corrected chi connectivity index (χ3v) is 5.27. The summed E-state index contributed by atoms with van der Waals surface area (Å²) in [6, 6.07) is 21.5. The van der Waals surface area contributed by atoms with Gasteiger partial charge in [0, 0.05) is 27.5 Å². The van der Waals surface area contributed by atoms with E-state index in [-0.39, 0.29) is 0 Å². The minimum Gasteiger partial charge on any atom is -0.358 e. The van der Waals surface area contributed by atoms with Crippen molar-refractivity contribution >= 4 is 37.6 Å². The van der Waals surface area contributed by atoms with Crippen LogP contribution < -0.4 is 0 Å². The van der Waals surface area contributed by atoms with Crippen LogP contribution in [-0.2, 0) is 6.42 Å². The second kappa shape index (κ2) is 5.29. The van der Waals surface area contributed by atoms with E-state index in [1.54, 1.807) is 0 Å². The minimum atomic E-state index is 0.932.